The molecule has 0 aromatic heterocycles. The van der Waals surface area contributed by atoms with Crippen LogP contribution in [0.15, 0.2) is 24.4 Å². The number of aromatic hydroxyl groups is 1. The third kappa shape index (κ3) is 2.81. The van der Waals surface area contributed by atoms with Crippen LogP contribution in [0.5, 0.6) is 5.75 Å². The Morgan fingerprint density at radius 1 is 1.56 bits per heavy atom. The summed E-state index contributed by atoms with van der Waals surface area (Å²) in [5.41, 5.74) is 0.392. The van der Waals surface area contributed by atoms with E-state index in [1.165, 1.54) is 25.3 Å². The molecule has 16 heavy (non-hydrogen) atoms. The van der Waals surface area contributed by atoms with Gasteiger partial charge in [0.1, 0.15) is 5.75 Å². The molecule has 0 aliphatic rings. The van der Waals surface area contributed by atoms with Gasteiger partial charge in [-0.05, 0) is 18.2 Å². The monoisotopic (exact) mass is 223 g/mol. The molecule has 1 rings (SSSR count). The number of benzene rings is 1. The molecule has 0 saturated heterocycles. The minimum atomic E-state index is -0.662. The quantitative estimate of drug-likeness (QED) is 0.475. The maximum absolute atomic E-state index is 11.2. The number of hydrogen-bond donors (Lipinski definition) is 1. The molecule has 0 amide bonds. The Morgan fingerprint density at radius 3 is 2.81 bits per heavy atom. The van der Waals surface area contributed by atoms with E-state index < -0.39 is 10.9 Å². The highest BCUT2D eigenvalue weighted by Crippen LogP contribution is 2.20. The van der Waals surface area contributed by atoms with Crippen molar-refractivity contribution in [2.24, 2.45) is 0 Å². The van der Waals surface area contributed by atoms with Gasteiger partial charge < -0.3 is 9.84 Å². The van der Waals surface area contributed by atoms with Gasteiger partial charge in [-0.15, -0.1) is 0 Å². The fourth-order valence-corrected chi connectivity index (χ4v) is 1.07. The highest BCUT2D eigenvalue weighted by Gasteiger charge is 2.08. The predicted octanol–water partition coefficient (Wildman–Crippen LogP) is 1.43. The first-order chi connectivity index (χ1) is 7.54. The van der Waals surface area contributed by atoms with Crippen molar-refractivity contribution < 1.29 is 19.6 Å². The van der Waals surface area contributed by atoms with Gasteiger partial charge in [0.2, 0.25) is 6.20 Å². The summed E-state index contributed by atoms with van der Waals surface area (Å²) in [6.07, 6.45) is 1.78. The van der Waals surface area contributed by atoms with E-state index in [-0.39, 0.29) is 16.9 Å². The molecule has 0 atom stereocenters. The van der Waals surface area contributed by atoms with Gasteiger partial charge in [-0.1, -0.05) is 0 Å². The number of methoxy groups -OCH3 is 1. The Morgan fingerprint density at radius 2 is 2.25 bits per heavy atom. The van der Waals surface area contributed by atoms with E-state index in [2.05, 4.69) is 4.74 Å². The second-order valence-electron chi connectivity index (χ2n) is 2.87. The first kappa shape index (κ1) is 11.7. The summed E-state index contributed by atoms with van der Waals surface area (Å²) < 4.78 is 4.48. The third-order valence-electron chi connectivity index (χ3n) is 1.82. The fourth-order valence-electron chi connectivity index (χ4n) is 1.07. The topological polar surface area (TPSA) is 89.7 Å². The number of carbonyl (C=O) groups is 1. The second-order valence-corrected chi connectivity index (χ2v) is 2.87. The van der Waals surface area contributed by atoms with E-state index in [9.17, 15) is 20.0 Å². The van der Waals surface area contributed by atoms with E-state index in [1.54, 1.807) is 0 Å². The van der Waals surface area contributed by atoms with Crippen molar-refractivity contribution in [3.05, 3.63) is 45.6 Å². The van der Waals surface area contributed by atoms with Crippen LogP contribution in [0.4, 0.5) is 0 Å². The number of hydrogen-bond acceptors (Lipinski definition) is 5. The van der Waals surface area contributed by atoms with E-state index in [1.807, 2.05) is 0 Å². The average Bonchev–Trinajstić information content (AvgIpc) is 2.26. The van der Waals surface area contributed by atoms with Crippen molar-refractivity contribution in [1.29, 1.82) is 0 Å². The van der Waals surface area contributed by atoms with Crippen molar-refractivity contribution in [2.45, 2.75) is 0 Å². The summed E-state index contributed by atoms with van der Waals surface area (Å²) in [6.45, 7) is 0. The van der Waals surface area contributed by atoms with Gasteiger partial charge >= 0.3 is 5.97 Å². The summed E-state index contributed by atoms with van der Waals surface area (Å²) >= 11 is 0. The lowest BCUT2D eigenvalue weighted by molar-refractivity contribution is -0.400. The molecular formula is C10H9NO5. The fraction of sp³-hybridized carbons (Fsp3) is 0.100. The molecule has 0 aliphatic heterocycles. The zero-order valence-corrected chi connectivity index (χ0v) is 8.41. The summed E-state index contributed by atoms with van der Waals surface area (Å²) in [4.78, 5) is 20.6. The van der Waals surface area contributed by atoms with Crippen LogP contribution in [0.1, 0.15) is 15.9 Å². The van der Waals surface area contributed by atoms with Crippen LogP contribution in [-0.2, 0) is 4.74 Å². The van der Waals surface area contributed by atoms with Crippen LogP contribution in [0.3, 0.4) is 0 Å². The van der Waals surface area contributed by atoms with Crippen LogP contribution >= 0.6 is 0 Å². The summed E-state index contributed by atoms with van der Waals surface area (Å²) in [5, 5.41) is 19.5. The normalized spacial score (nSPS) is 10.3. The maximum atomic E-state index is 11.2. The molecule has 0 bridgehead atoms. The number of nitrogens with zero attached hydrogens (tertiary/aromatic N) is 1. The third-order valence-corrected chi connectivity index (χ3v) is 1.82. The molecular weight excluding hydrogens is 214 g/mol. The van der Waals surface area contributed by atoms with Crippen LogP contribution in [0.2, 0.25) is 0 Å². The van der Waals surface area contributed by atoms with Gasteiger partial charge in [0, 0.05) is 11.6 Å². The molecule has 0 fully saturated rings. The molecule has 84 valence electrons. The molecule has 6 nitrogen and oxygen atoms in total. The molecule has 0 aliphatic carbocycles. The van der Waals surface area contributed by atoms with Crippen LogP contribution < -0.4 is 0 Å². The highest BCUT2D eigenvalue weighted by atomic mass is 16.6. The highest BCUT2D eigenvalue weighted by molar-refractivity contribution is 5.90. The first-order valence-electron chi connectivity index (χ1n) is 4.27. The van der Waals surface area contributed by atoms with Crippen LogP contribution in [0, 0.1) is 10.1 Å². The molecule has 0 radical (unpaired) electrons. The Kier molecular flexibility index (Phi) is 3.60. The molecule has 0 heterocycles. The van der Waals surface area contributed by atoms with E-state index in [0.717, 1.165) is 6.08 Å². The Balaban J connectivity index is 3.08. The van der Waals surface area contributed by atoms with Crippen molar-refractivity contribution >= 4 is 12.0 Å². The summed E-state index contributed by atoms with van der Waals surface area (Å²) in [6, 6.07) is 3.94. The molecule has 0 spiro atoms. The van der Waals surface area contributed by atoms with Crippen molar-refractivity contribution in [3.8, 4) is 5.75 Å². The average molecular weight is 223 g/mol. The molecule has 0 unspecified atom stereocenters. The second kappa shape index (κ2) is 4.92. The van der Waals surface area contributed by atoms with Crippen LogP contribution in [0.25, 0.3) is 6.08 Å². The van der Waals surface area contributed by atoms with E-state index >= 15 is 0 Å². The number of nitro groups is 1. The van der Waals surface area contributed by atoms with Crippen molar-refractivity contribution in [1.82, 2.24) is 0 Å². The maximum Gasteiger partial charge on any atom is 0.337 e. The SMILES string of the molecule is COC(=O)c1ccc(O)c(/C=C/[N+](=O)[O-])c1. The zero-order chi connectivity index (χ0) is 12.1. The lowest BCUT2D eigenvalue weighted by Gasteiger charge is -2.02. The number of esters is 1. The number of carbonyl (C=O) groups excluding carboxylic acids is 1. The van der Waals surface area contributed by atoms with E-state index in [4.69, 9.17) is 0 Å². The first-order valence-corrected chi connectivity index (χ1v) is 4.27. The molecule has 1 aromatic rings. The van der Waals surface area contributed by atoms with E-state index in [0.29, 0.717) is 6.20 Å². The number of phenols is 1. The number of rotatable bonds is 3. The van der Waals surface area contributed by atoms with Gasteiger partial charge in [0.25, 0.3) is 0 Å². The van der Waals surface area contributed by atoms with Gasteiger partial charge in [-0.2, -0.15) is 0 Å². The van der Waals surface area contributed by atoms with Gasteiger partial charge in [-0.25, -0.2) is 4.79 Å². The Hall–Kier alpha value is -2.37. The summed E-state index contributed by atoms with van der Waals surface area (Å²) in [5.74, 6) is -0.721. The smallest absolute Gasteiger partial charge is 0.337 e. The number of ether oxygens (including phenoxy) is 1. The predicted molar refractivity (Wildman–Crippen MR) is 55.5 cm³/mol. The molecule has 1 aromatic carbocycles. The van der Waals surface area contributed by atoms with Crippen molar-refractivity contribution in [3.63, 3.8) is 0 Å². The summed E-state index contributed by atoms with van der Waals surface area (Å²) in [7, 11) is 1.22. The zero-order valence-electron chi connectivity index (χ0n) is 8.41. The van der Waals surface area contributed by atoms with Crippen molar-refractivity contribution in [2.75, 3.05) is 7.11 Å². The number of phenolic OH excluding ortho intramolecular Hbond substituents is 1. The Bertz CT molecular complexity index is 453. The minimum Gasteiger partial charge on any atom is -0.507 e. The Labute approximate surface area is 90.9 Å². The molecule has 1 N–H and O–H groups in total. The standard InChI is InChI=1S/C10H9NO5/c1-16-10(13)8-2-3-9(12)7(6-8)4-5-11(14)15/h2-6,12H,1H3/b5-4+. The van der Waals surface area contributed by atoms with Gasteiger partial charge in [0.15, 0.2) is 0 Å². The molecule has 6 heteroatoms. The molecule has 0 saturated carbocycles. The van der Waals surface area contributed by atoms with Gasteiger partial charge in [-0.3, -0.25) is 10.1 Å². The largest absolute Gasteiger partial charge is 0.507 e. The lowest BCUT2D eigenvalue weighted by Crippen LogP contribution is -2.01. The minimum absolute atomic E-state index is 0.147. The lowest BCUT2D eigenvalue weighted by atomic mass is 10.1. The van der Waals surface area contributed by atoms with Gasteiger partial charge in [0.05, 0.1) is 17.6 Å². The van der Waals surface area contributed by atoms with Crippen LogP contribution in [-0.4, -0.2) is 23.1 Å².